The predicted molar refractivity (Wildman–Crippen MR) is 165 cm³/mol. The smallest absolute Gasteiger partial charge is 0.251 e. The molecule has 3 heterocycles. The van der Waals surface area contributed by atoms with Gasteiger partial charge in [-0.2, -0.15) is 0 Å². The van der Waals surface area contributed by atoms with Gasteiger partial charge in [0.2, 0.25) is 5.95 Å². The average molecular weight is 553 g/mol. The van der Waals surface area contributed by atoms with Gasteiger partial charge in [-0.3, -0.25) is 10.2 Å². The SMILES string of the molecule is N=C(N)c1c[nH]c2ccc(CCNC(=O)c3ccc(-c4ccnc(NCCCCCN5CCCCC5)n4)cc3)cc12. The normalized spacial score (nSPS) is 13.8. The highest BCUT2D eigenvalue weighted by Crippen LogP contribution is 2.21. The number of fused-ring (bicyclic) bond motifs is 1. The number of anilines is 1. The van der Waals surface area contributed by atoms with Crippen LogP contribution in [-0.2, 0) is 6.42 Å². The summed E-state index contributed by atoms with van der Waals surface area (Å²) in [6.07, 6.45) is 11.8. The number of benzene rings is 2. The zero-order valence-electron chi connectivity index (χ0n) is 23.6. The van der Waals surface area contributed by atoms with Crippen LogP contribution in [0.5, 0.6) is 0 Å². The maximum atomic E-state index is 12.7. The molecule has 5 rings (SSSR count). The van der Waals surface area contributed by atoms with Gasteiger partial charge in [-0.05, 0) is 87.6 Å². The first-order valence-electron chi connectivity index (χ1n) is 14.7. The summed E-state index contributed by atoms with van der Waals surface area (Å²) in [4.78, 5) is 27.5. The van der Waals surface area contributed by atoms with Gasteiger partial charge in [-0.1, -0.05) is 31.0 Å². The third kappa shape index (κ3) is 7.70. The summed E-state index contributed by atoms with van der Waals surface area (Å²) in [7, 11) is 0. The number of rotatable bonds is 13. The van der Waals surface area contributed by atoms with Crippen LogP contribution in [0, 0.1) is 5.41 Å². The van der Waals surface area contributed by atoms with Gasteiger partial charge in [0.05, 0.1) is 5.69 Å². The molecule has 0 spiro atoms. The van der Waals surface area contributed by atoms with Crippen LogP contribution >= 0.6 is 0 Å². The summed E-state index contributed by atoms with van der Waals surface area (Å²) < 4.78 is 0. The van der Waals surface area contributed by atoms with Crippen LogP contribution in [-0.4, -0.2) is 64.3 Å². The number of nitrogens with one attached hydrogen (secondary N) is 4. The van der Waals surface area contributed by atoms with E-state index in [9.17, 15) is 4.79 Å². The first kappa shape index (κ1) is 28.3. The lowest BCUT2D eigenvalue weighted by Crippen LogP contribution is -2.30. The first-order chi connectivity index (χ1) is 20.1. The van der Waals surface area contributed by atoms with Crippen LogP contribution < -0.4 is 16.4 Å². The van der Waals surface area contributed by atoms with Crippen molar-refractivity contribution in [3.05, 3.63) is 77.6 Å². The Bertz CT molecular complexity index is 1460. The largest absolute Gasteiger partial charge is 0.384 e. The fraction of sp³-hybridized carbons (Fsp3) is 0.375. The molecule has 9 heteroatoms. The number of amidine groups is 1. The fourth-order valence-corrected chi connectivity index (χ4v) is 5.39. The van der Waals surface area contributed by atoms with Gasteiger partial charge in [0.1, 0.15) is 5.84 Å². The van der Waals surface area contributed by atoms with E-state index in [0.29, 0.717) is 30.0 Å². The van der Waals surface area contributed by atoms with E-state index in [1.807, 2.05) is 48.5 Å². The van der Waals surface area contributed by atoms with Gasteiger partial charge in [-0.15, -0.1) is 0 Å². The number of aromatic amines is 1. The maximum absolute atomic E-state index is 12.7. The number of nitrogens with zero attached hydrogens (tertiary/aromatic N) is 3. The Morgan fingerprint density at radius 3 is 2.63 bits per heavy atom. The summed E-state index contributed by atoms with van der Waals surface area (Å²) in [5.74, 6) is 0.552. The van der Waals surface area contributed by atoms with Crippen molar-refractivity contribution >= 4 is 28.6 Å². The highest BCUT2D eigenvalue weighted by Gasteiger charge is 2.11. The second-order valence-corrected chi connectivity index (χ2v) is 10.7. The molecule has 0 radical (unpaired) electrons. The fourth-order valence-electron chi connectivity index (χ4n) is 5.39. The molecule has 6 N–H and O–H groups in total. The number of aromatic nitrogens is 3. The number of hydrogen-bond donors (Lipinski definition) is 5. The molecule has 2 aromatic carbocycles. The molecular formula is C32H40N8O. The Balaban J connectivity index is 1.06. The van der Waals surface area contributed by atoms with Crippen molar-refractivity contribution in [3.63, 3.8) is 0 Å². The lowest BCUT2D eigenvalue weighted by atomic mass is 10.1. The number of H-pyrrole nitrogens is 1. The summed E-state index contributed by atoms with van der Waals surface area (Å²) in [6.45, 7) is 5.11. The highest BCUT2D eigenvalue weighted by molar-refractivity contribution is 6.07. The van der Waals surface area contributed by atoms with Gasteiger partial charge in [0, 0.05) is 53.1 Å². The minimum absolute atomic E-state index is 0.0356. The van der Waals surface area contributed by atoms with Crippen LogP contribution in [0.3, 0.4) is 0 Å². The molecule has 0 unspecified atom stereocenters. The highest BCUT2D eigenvalue weighted by atomic mass is 16.1. The minimum atomic E-state index is -0.117. The zero-order chi connectivity index (χ0) is 28.4. The third-order valence-corrected chi connectivity index (χ3v) is 7.72. The monoisotopic (exact) mass is 552 g/mol. The number of nitrogen functional groups attached to an aromatic ring is 1. The van der Waals surface area contributed by atoms with E-state index in [-0.39, 0.29) is 11.7 Å². The molecular weight excluding hydrogens is 512 g/mol. The van der Waals surface area contributed by atoms with Gasteiger partial charge < -0.3 is 26.3 Å². The van der Waals surface area contributed by atoms with E-state index in [0.717, 1.165) is 40.7 Å². The van der Waals surface area contributed by atoms with Crippen molar-refractivity contribution in [2.45, 2.75) is 44.9 Å². The molecule has 41 heavy (non-hydrogen) atoms. The number of hydrogen-bond acceptors (Lipinski definition) is 6. The average Bonchev–Trinajstić information content (AvgIpc) is 3.43. The zero-order valence-corrected chi connectivity index (χ0v) is 23.6. The summed E-state index contributed by atoms with van der Waals surface area (Å²) in [5, 5.41) is 15.0. The van der Waals surface area contributed by atoms with Gasteiger partial charge in [0.25, 0.3) is 5.91 Å². The molecule has 1 aliphatic heterocycles. The summed E-state index contributed by atoms with van der Waals surface area (Å²) >= 11 is 0. The second kappa shape index (κ2) is 13.9. The van der Waals surface area contributed by atoms with Crippen LogP contribution in [0.1, 0.15) is 60.0 Å². The molecule has 0 atom stereocenters. The van der Waals surface area contributed by atoms with Gasteiger partial charge in [0.15, 0.2) is 0 Å². The number of amides is 1. The van der Waals surface area contributed by atoms with E-state index in [1.54, 1.807) is 12.4 Å². The van der Waals surface area contributed by atoms with E-state index in [1.165, 1.54) is 51.7 Å². The third-order valence-electron chi connectivity index (χ3n) is 7.72. The Morgan fingerprint density at radius 1 is 1.00 bits per heavy atom. The van der Waals surface area contributed by atoms with Crippen LogP contribution in [0.15, 0.2) is 60.9 Å². The standard InChI is InChI=1S/C32H40N8O/c33-30(34)27-22-38-29-12-7-23(21-26(27)29)13-16-35-31(41)25-10-8-24(9-11-25)28-14-17-37-32(39-28)36-15-3-1-4-18-40-19-5-2-6-20-40/h7-12,14,17,21-22,38H,1-6,13,15-16,18-20H2,(H3,33,34)(H,35,41)(H,36,37,39). The molecule has 9 nitrogen and oxygen atoms in total. The Morgan fingerprint density at radius 2 is 1.83 bits per heavy atom. The molecule has 0 saturated carbocycles. The molecule has 1 saturated heterocycles. The van der Waals surface area contributed by atoms with E-state index in [4.69, 9.17) is 11.1 Å². The van der Waals surface area contributed by atoms with Gasteiger partial charge >= 0.3 is 0 Å². The van der Waals surface area contributed by atoms with Crippen molar-refractivity contribution in [1.29, 1.82) is 5.41 Å². The van der Waals surface area contributed by atoms with Crippen molar-refractivity contribution in [2.24, 2.45) is 5.73 Å². The van der Waals surface area contributed by atoms with E-state index < -0.39 is 0 Å². The molecule has 1 amide bonds. The molecule has 1 fully saturated rings. The topological polar surface area (TPSA) is 136 Å². The Labute approximate surface area is 241 Å². The lowest BCUT2D eigenvalue weighted by molar-refractivity contribution is 0.0954. The molecule has 4 aromatic rings. The van der Waals surface area contributed by atoms with Crippen LogP contribution in [0.4, 0.5) is 5.95 Å². The lowest BCUT2D eigenvalue weighted by Gasteiger charge is -2.26. The first-order valence-corrected chi connectivity index (χ1v) is 14.7. The molecule has 0 aliphatic carbocycles. The van der Waals surface area contributed by atoms with E-state index >= 15 is 0 Å². The summed E-state index contributed by atoms with van der Waals surface area (Å²) in [6, 6.07) is 15.4. The van der Waals surface area contributed by atoms with Crippen molar-refractivity contribution in [3.8, 4) is 11.3 Å². The van der Waals surface area contributed by atoms with E-state index in [2.05, 4.69) is 30.5 Å². The van der Waals surface area contributed by atoms with Crippen LogP contribution in [0.25, 0.3) is 22.2 Å². The molecule has 214 valence electrons. The number of likely N-dealkylation sites (tertiary alicyclic amines) is 1. The molecule has 1 aliphatic rings. The number of nitrogens with two attached hydrogens (primary N) is 1. The minimum Gasteiger partial charge on any atom is -0.384 e. The number of carbonyl (C=O) groups is 1. The van der Waals surface area contributed by atoms with Crippen LogP contribution in [0.2, 0.25) is 0 Å². The van der Waals surface area contributed by atoms with Crippen molar-refractivity contribution in [2.75, 3.05) is 38.0 Å². The summed E-state index contributed by atoms with van der Waals surface area (Å²) in [5.41, 5.74) is 10.7. The second-order valence-electron chi connectivity index (χ2n) is 10.7. The predicted octanol–water partition coefficient (Wildman–Crippen LogP) is 4.95. The maximum Gasteiger partial charge on any atom is 0.251 e. The quantitative estimate of drug-likeness (QED) is 0.0905. The molecule has 2 aromatic heterocycles. The number of piperidine rings is 1. The number of carbonyl (C=O) groups excluding carboxylic acids is 1. The van der Waals surface area contributed by atoms with Gasteiger partial charge in [-0.25, -0.2) is 9.97 Å². The molecule has 0 bridgehead atoms. The Kier molecular flexibility index (Phi) is 9.59. The number of unbranched alkanes of at least 4 members (excludes halogenated alkanes) is 2. The van der Waals surface area contributed by atoms with Crippen molar-refractivity contribution < 1.29 is 4.79 Å². The Hall–Kier alpha value is -4.24. The van der Waals surface area contributed by atoms with Crippen molar-refractivity contribution in [1.82, 2.24) is 25.2 Å².